The fourth-order valence-corrected chi connectivity index (χ4v) is 2.07. The van der Waals surface area contributed by atoms with Crippen molar-refractivity contribution in [2.75, 3.05) is 6.61 Å². The highest BCUT2D eigenvalue weighted by Crippen LogP contribution is 2.23. The Morgan fingerprint density at radius 1 is 1.73 bits per heavy atom. The lowest BCUT2D eigenvalue weighted by Crippen LogP contribution is -2.10. The lowest BCUT2D eigenvalue weighted by Gasteiger charge is -2.13. The first kappa shape index (κ1) is 10.6. The summed E-state index contributed by atoms with van der Waals surface area (Å²) in [4.78, 5) is 0. The van der Waals surface area contributed by atoms with E-state index in [1.54, 1.807) is 10.9 Å². The van der Waals surface area contributed by atoms with Crippen molar-refractivity contribution in [1.29, 1.82) is 0 Å². The number of aliphatic hydroxyl groups excluding tert-OH is 1. The number of rotatable bonds is 4. The van der Waals surface area contributed by atoms with Crippen molar-refractivity contribution >= 4 is 0 Å². The van der Waals surface area contributed by atoms with E-state index in [1.807, 2.05) is 13.1 Å². The second-order valence-corrected chi connectivity index (χ2v) is 4.11. The Bertz CT molecular complexity index is 305. The first-order chi connectivity index (χ1) is 7.27. The Morgan fingerprint density at radius 2 is 2.60 bits per heavy atom. The van der Waals surface area contributed by atoms with Gasteiger partial charge in [0.15, 0.2) is 0 Å². The zero-order valence-electron chi connectivity index (χ0n) is 9.09. The molecule has 4 nitrogen and oxygen atoms in total. The van der Waals surface area contributed by atoms with Crippen LogP contribution < -0.4 is 0 Å². The third-order valence-corrected chi connectivity index (χ3v) is 2.99. The minimum Gasteiger partial charge on any atom is -0.387 e. The molecule has 1 N–H and O–H groups in total. The normalized spacial score (nSPS) is 23.2. The van der Waals surface area contributed by atoms with E-state index in [2.05, 4.69) is 5.10 Å². The van der Waals surface area contributed by atoms with Crippen LogP contribution in [0.3, 0.4) is 0 Å². The molecule has 15 heavy (non-hydrogen) atoms. The van der Waals surface area contributed by atoms with Crippen LogP contribution in [-0.2, 0) is 11.8 Å². The van der Waals surface area contributed by atoms with Crippen LogP contribution in [0, 0.1) is 0 Å². The van der Waals surface area contributed by atoms with Gasteiger partial charge in [-0.25, -0.2) is 0 Å². The number of hydrogen-bond acceptors (Lipinski definition) is 3. The zero-order chi connectivity index (χ0) is 10.7. The summed E-state index contributed by atoms with van der Waals surface area (Å²) < 4.78 is 7.24. The highest BCUT2D eigenvalue weighted by atomic mass is 16.5. The number of aryl methyl sites for hydroxylation is 1. The van der Waals surface area contributed by atoms with Gasteiger partial charge in [0, 0.05) is 19.9 Å². The van der Waals surface area contributed by atoms with E-state index >= 15 is 0 Å². The van der Waals surface area contributed by atoms with Gasteiger partial charge in [-0.15, -0.1) is 0 Å². The molecule has 1 fully saturated rings. The van der Waals surface area contributed by atoms with Gasteiger partial charge in [0.25, 0.3) is 0 Å². The van der Waals surface area contributed by atoms with Crippen LogP contribution in [0.15, 0.2) is 12.3 Å². The molecule has 0 saturated carbocycles. The van der Waals surface area contributed by atoms with Crippen molar-refractivity contribution in [3.05, 3.63) is 18.0 Å². The minimum absolute atomic E-state index is 0.355. The van der Waals surface area contributed by atoms with Crippen LogP contribution >= 0.6 is 0 Å². The Labute approximate surface area is 89.9 Å². The van der Waals surface area contributed by atoms with E-state index in [0.29, 0.717) is 6.10 Å². The summed E-state index contributed by atoms with van der Waals surface area (Å²) in [6.45, 7) is 0.881. The molecule has 0 bridgehead atoms. The summed E-state index contributed by atoms with van der Waals surface area (Å²) in [7, 11) is 1.85. The van der Waals surface area contributed by atoms with E-state index in [0.717, 1.165) is 38.0 Å². The van der Waals surface area contributed by atoms with Gasteiger partial charge in [0.05, 0.1) is 17.9 Å². The van der Waals surface area contributed by atoms with Crippen LogP contribution in [0.25, 0.3) is 0 Å². The van der Waals surface area contributed by atoms with Gasteiger partial charge in [0.2, 0.25) is 0 Å². The van der Waals surface area contributed by atoms with Crippen LogP contribution in [0.5, 0.6) is 0 Å². The first-order valence-electron chi connectivity index (χ1n) is 5.55. The molecule has 1 aromatic heterocycles. The molecular formula is C11H18N2O2. The molecule has 0 spiro atoms. The second kappa shape index (κ2) is 4.77. The van der Waals surface area contributed by atoms with Crippen molar-refractivity contribution in [1.82, 2.24) is 9.78 Å². The standard InChI is InChI=1S/C11H18N2O2/c1-13-10(6-7-12-13)11(14)5-4-9-3-2-8-15-9/h6-7,9,11,14H,2-5,8H2,1H3. The highest BCUT2D eigenvalue weighted by molar-refractivity contribution is 5.03. The van der Waals surface area contributed by atoms with Gasteiger partial charge in [-0.3, -0.25) is 4.68 Å². The van der Waals surface area contributed by atoms with Gasteiger partial charge in [-0.05, 0) is 31.7 Å². The molecule has 0 aromatic carbocycles. The third-order valence-electron chi connectivity index (χ3n) is 2.99. The van der Waals surface area contributed by atoms with Crippen LogP contribution in [0.1, 0.15) is 37.5 Å². The molecule has 1 aliphatic heterocycles. The van der Waals surface area contributed by atoms with Crippen molar-refractivity contribution in [2.45, 2.75) is 37.9 Å². The second-order valence-electron chi connectivity index (χ2n) is 4.11. The number of ether oxygens (including phenoxy) is 1. The largest absolute Gasteiger partial charge is 0.387 e. The van der Waals surface area contributed by atoms with Gasteiger partial charge < -0.3 is 9.84 Å². The molecule has 2 rings (SSSR count). The van der Waals surface area contributed by atoms with Gasteiger partial charge in [-0.1, -0.05) is 0 Å². The number of hydrogen-bond donors (Lipinski definition) is 1. The number of aromatic nitrogens is 2. The van der Waals surface area contributed by atoms with E-state index < -0.39 is 6.10 Å². The predicted molar refractivity (Wildman–Crippen MR) is 56.4 cm³/mol. The molecular weight excluding hydrogens is 192 g/mol. The Kier molecular flexibility index (Phi) is 3.38. The maximum Gasteiger partial charge on any atom is 0.0957 e. The molecule has 1 saturated heterocycles. The Balaban J connectivity index is 1.81. The first-order valence-corrected chi connectivity index (χ1v) is 5.55. The summed E-state index contributed by atoms with van der Waals surface area (Å²) >= 11 is 0. The highest BCUT2D eigenvalue weighted by Gasteiger charge is 2.18. The van der Waals surface area contributed by atoms with E-state index in [1.165, 1.54) is 0 Å². The summed E-state index contributed by atoms with van der Waals surface area (Å²) in [5, 5.41) is 14.0. The summed E-state index contributed by atoms with van der Waals surface area (Å²) in [5.41, 5.74) is 0.882. The summed E-state index contributed by atoms with van der Waals surface area (Å²) in [5.74, 6) is 0. The lowest BCUT2D eigenvalue weighted by atomic mass is 10.1. The summed E-state index contributed by atoms with van der Waals surface area (Å²) in [6.07, 6.45) is 5.64. The molecule has 0 radical (unpaired) electrons. The smallest absolute Gasteiger partial charge is 0.0957 e. The monoisotopic (exact) mass is 210 g/mol. The lowest BCUT2D eigenvalue weighted by molar-refractivity contribution is 0.0791. The maximum atomic E-state index is 9.93. The predicted octanol–water partition coefficient (Wildman–Crippen LogP) is 1.41. The Hall–Kier alpha value is -0.870. The van der Waals surface area contributed by atoms with Crippen LogP contribution in [-0.4, -0.2) is 27.6 Å². The SMILES string of the molecule is Cn1nccc1C(O)CCC1CCCO1. The molecule has 2 heterocycles. The van der Waals surface area contributed by atoms with Gasteiger partial charge in [-0.2, -0.15) is 5.10 Å². The fourth-order valence-electron chi connectivity index (χ4n) is 2.07. The van der Waals surface area contributed by atoms with Crippen molar-refractivity contribution in [2.24, 2.45) is 7.05 Å². The zero-order valence-corrected chi connectivity index (χ0v) is 9.09. The van der Waals surface area contributed by atoms with Crippen LogP contribution in [0.4, 0.5) is 0 Å². The molecule has 84 valence electrons. The quantitative estimate of drug-likeness (QED) is 0.817. The number of aliphatic hydroxyl groups is 1. The Morgan fingerprint density at radius 3 is 3.20 bits per heavy atom. The van der Waals surface area contributed by atoms with Crippen molar-refractivity contribution < 1.29 is 9.84 Å². The van der Waals surface area contributed by atoms with Gasteiger partial charge >= 0.3 is 0 Å². The summed E-state index contributed by atoms with van der Waals surface area (Å²) in [6, 6.07) is 1.86. The molecule has 0 amide bonds. The van der Waals surface area contributed by atoms with Crippen molar-refractivity contribution in [3.8, 4) is 0 Å². The van der Waals surface area contributed by atoms with E-state index in [4.69, 9.17) is 4.74 Å². The molecule has 0 aliphatic carbocycles. The fraction of sp³-hybridized carbons (Fsp3) is 0.727. The molecule has 4 heteroatoms. The number of nitrogens with zero attached hydrogens (tertiary/aromatic N) is 2. The van der Waals surface area contributed by atoms with E-state index in [9.17, 15) is 5.11 Å². The molecule has 1 aliphatic rings. The average molecular weight is 210 g/mol. The van der Waals surface area contributed by atoms with Crippen LogP contribution in [0.2, 0.25) is 0 Å². The molecule has 2 atom stereocenters. The minimum atomic E-state index is -0.415. The third kappa shape index (κ3) is 2.58. The topological polar surface area (TPSA) is 47.3 Å². The molecule has 2 unspecified atom stereocenters. The van der Waals surface area contributed by atoms with Crippen molar-refractivity contribution in [3.63, 3.8) is 0 Å². The maximum absolute atomic E-state index is 9.93. The van der Waals surface area contributed by atoms with Gasteiger partial charge in [0.1, 0.15) is 0 Å². The molecule has 1 aromatic rings. The van der Waals surface area contributed by atoms with E-state index in [-0.39, 0.29) is 0 Å². The average Bonchev–Trinajstić information content (AvgIpc) is 2.84.